The molecule has 0 aliphatic heterocycles. The van der Waals surface area contributed by atoms with Crippen LogP contribution in [0, 0.1) is 3.57 Å². The highest BCUT2D eigenvalue weighted by atomic mass is 127. The minimum absolute atomic E-state index is 0.140. The van der Waals surface area contributed by atoms with Gasteiger partial charge in [0.1, 0.15) is 0 Å². The average Bonchev–Trinajstić information content (AvgIpc) is 2.60. The summed E-state index contributed by atoms with van der Waals surface area (Å²) < 4.78 is 5.88. The lowest BCUT2D eigenvalue weighted by Crippen LogP contribution is -2.31. The molecule has 4 nitrogen and oxygen atoms in total. The Labute approximate surface area is 155 Å². The Morgan fingerprint density at radius 2 is 1.79 bits per heavy atom. The van der Waals surface area contributed by atoms with Crippen molar-refractivity contribution >= 4 is 34.5 Å². The summed E-state index contributed by atoms with van der Waals surface area (Å²) in [5, 5.41) is 2.84. The zero-order valence-electron chi connectivity index (χ0n) is 13.7. The van der Waals surface area contributed by atoms with Crippen molar-refractivity contribution in [3.63, 3.8) is 0 Å². The second-order valence-electron chi connectivity index (χ2n) is 5.44. The fourth-order valence-corrected chi connectivity index (χ4v) is 2.85. The van der Waals surface area contributed by atoms with E-state index in [1.54, 1.807) is 12.1 Å². The summed E-state index contributed by atoms with van der Waals surface area (Å²) in [6, 6.07) is 15.1. The highest BCUT2D eigenvalue weighted by molar-refractivity contribution is 14.1. The number of aryl methyl sites for hydroxylation is 1. The fourth-order valence-electron chi connectivity index (χ4n) is 2.24. The molecule has 0 spiro atoms. The summed E-state index contributed by atoms with van der Waals surface area (Å²) in [5.41, 5.74) is 2.74. The van der Waals surface area contributed by atoms with Crippen LogP contribution in [-0.2, 0) is 16.0 Å². The Bertz CT molecular complexity index is 713. The molecule has 2 aromatic rings. The first-order valence-corrected chi connectivity index (χ1v) is 8.89. The lowest BCUT2D eigenvalue weighted by Gasteiger charge is -2.15. The summed E-state index contributed by atoms with van der Waals surface area (Å²) >= 11 is 2.06. The predicted molar refractivity (Wildman–Crippen MR) is 102 cm³/mol. The minimum atomic E-state index is -0.491. The van der Waals surface area contributed by atoms with Crippen molar-refractivity contribution in [1.82, 2.24) is 5.32 Å². The van der Waals surface area contributed by atoms with E-state index in [0.717, 1.165) is 15.6 Å². The normalized spacial score (nSPS) is 11.6. The number of rotatable bonds is 6. The van der Waals surface area contributed by atoms with Gasteiger partial charge >= 0.3 is 5.97 Å². The van der Waals surface area contributed by atoms with Gasteiger partial charge in [0.25, 0.3) is 5.91 Å². The van der Waals surface area contributed by atoms with E-state index in [1.165, 1.54) is 5.56 Å². The third kappa shape index (κ3) is 5.06. The van der Waals surface area contributed by atoms with Gasteiger partial charge in [0.15, 0.2) is 6.61 Å². The van der Waals surface area contributed by atoms with E-state index in [1.807, 2.05) is 31.2 Å². The van der Waals surface area contributed by atoms with E-state index in [4.69, 9.17) is 4.74 Å². The summed E-state index contributed by atoms with van der Waals surface area (Å²) in [5.74, 6) is -0.809. The summed E-state index contributed by atoms with van der Waals surface area (Å²) in [7, 11) is 0. The van der Waals surface area contributed by atoms with Gasteiger partial charge in [-0.05, 0) is 59.2 Å². The zero-order chi connectivity index (χ0) is 17.5. The van der Waals surface area contributed by atoms with Crippen LogP contribution in [0.15, 0.2) is 48.5 Å². The van der Waals surface area contributed by atoms with Gasteiger partial charge in [-0.2, -0.15) is 0 Å². The number of carbonyl (C=O) groups excluding carboxylic acids is 2. The number of hydrogen-bond donors (Lipinski definition) is 1. The van der Waals surface area contributed by atoms with Crippen LogP contribution in [-0.4, -0.2) is 18.5 Å². The molecule has 5 heteroatoms. The lowest BCUT2D eigenvalue weighted by atomic mass is 10.1. The van der Waals surface area contributed by atoms with E-state index in [0.29, 0.717) is 5.56 Å². The molecule has 1 atom stereocenters. The number of esters is 1. The molecular weight excluding hydrogens is 417 g/mol. The molecule has 0 fully saturated rings. The highest BCUT2D eigenvalue weighted by Crippen LogP contribution is 2.14. The van der Waals surface area contributed by atoms with Gasteiger partial charge in [0.05, 0.1) is 11.6 Å². The molecule has 2 rings (SSSR count). The maximum Gasteiger partial charge on any atom is 0.339 e. The maximum atomic E-state index is 12.0. The summed E-state index contributed by atoms with van der Waals surface area (Å²) in [6.07, 6.45) is 0.981. The van der Waals surface area contributed by atoms with Crippen molar-refractivity contribution in [3.8, 4) is 0 Å². The van der Waals surface area contributed by atoms with E-state index in [-0.39, 0.29) is 18.6 Å². The van der Waals surface area contributed by atoms with Gasteiger partial charge in [-0.25, -0.2) is 4.79 Å². The Hall–Kier alpha value is -1.89. The molecule has 0 aliphatic rings. The second-order valence-corrected chi connectivity index (χ2v) is 6.60. The Morgan fingerprint density at radius 3 is 2.42 bits per heavy atom. The Balaban J connectivity index is 1.86. The van der Waals surface area contributed by atoms with E-state index in [2.05, 4.69) is 47.0 Å². The van der Waals surface area contributed by atoms with Crippen molar-refractivity contribution < 1.29 is 14.3 Å². The molecule has 0 saturated carbocycles. The third-order valence-electron chi connectivity index (χ3n) is 3.69. The van der Waals surface area contributed by atoms with Gasteiger partial charge < -0.3 is 10.1 Å². The molecule has 0 aliphatic carbocycles. The summed E-state index contributed by atoms with van der Waals surface area (Å²) in [4.78, 5) is 24.0. The quantitative estimate of drug-likeness (QED) is 0.551. The standard InChI is InChI=1S/C19H20INO3/c1-3-14-8-10-15(11-9-14)13(2)21-18(22)12-24-19(23)16-6-4-5-7-17(16)20/h4-11,13H,3,12H2,1-2H3,(H,21,22). The number of halogens is 1. The zero-order valence-corrected chi connectivity index (χ0v) is 15.9. The van der Waals surface area contributed by atoms with Crippen LogP contribution in [0.4, 0.5) is 0 Å². The Kier molecular flexibility index (Phi) is 6.78. The number of carbonyl (C=O) groups is 2. The van der Waals surface area contributed by atoms with Crippen LogP contribution in [0.5, 0.6) is 0 Å². The molecule has 1 unspecified atom stereocenters. The molecule has 1 N–H and O–H groups in total. The number of hydrogen-bond acceptors (Lipinski definition) is 3. The molecule has 126 valence electrons. The van der Waals surface area contributed by atoms with Gasteiger partial charge in [-0.3, -0.25) is 4.79 Å². The number of ether oxygens (including phenoxy) is 1. The number of benzene rings is 2. The second kappa shape index (κ2) is 8.82. The third-order valence-corrected chi connectivity index (χ3v) is 4.63. The van der Waals surface area contributed by atoms with Crippen molar-refractivity contribution in [2.75, 3.05) is 6.61 Å². The predicted octanol–water partition coefficient (Wildman–Crippen LogP) is 3.89. The topological polar surface area (TPSA) is 55.4 Å². The van der Waals surface area contributed by atoms with E-state index in [9.17, 15) is 9.59 Å². The smallest absolute Gasteiger partial charge is 0.339 e. The van der Waals surface area contributed by atoms with Crippen LogP contribution in [0.25, 0.3) is 0 Å². The van der Waals surface area contributed by atoms with Crippen LogP contribution in [0.1, 0.15) is 41.4 Å². The minimum Gasteiger partial charge on any atom is -0.452 e. The number of amides is 1. The Morgan fingerprint density at radius 1 is 1.12 bits per heavy atom. The van der Waals surface area contributed by atoms with E-state index < -0.39 is 5.97 Å². The van der Waals surface area contributed by atoms with Crippen LogP contribution in [0.3, 0.4) is 0 Å². The van der Waals surface area contributed by atoms with Gasteiger partial charge in [-0.1, -0.05) is 43.3 Å². The fraction of sp³-hybridized carbons (Fsp3) is 0.263. The summed E-state index contributed by atoms with van der Waals surface area (Å²) in [6.45, 7) is 3.71. The average molecular weight is 437 g/mol. The van der Waals surface area contributed by atoms with Crippen LogP contribution in [0.2, 0.25) is 0 Å². The molecule has 0 heterocycles. The maximum absolute atomic E-state index is 12.0. The van der Waals surface area contributed by atoms with Crippen molar-refractivity contribution in [2.24, 2.45) is 0 Å². The SMILES string of the molecule is CCc1ccc(C(C)NC(=O)COC(=O)c2ccccc2I)cc1. The number of nitrogens with one attached hydrogen (secondary N) is 1. The molecule has 0 aromatic heterocycles. The van der Waals surface area contributed by atoms with E-state index >= 15 is 0 Å². The lowest BCUT2D eigenvalue weighted by molar-refractivity contribution is -0.124. The van der Waals surface area contributed by atoms with Gasteiger partial charge in [0, 0.05) is 3.57 Å². The van der Waals surface area contributed by atoms with Crippen LogP contribution < -0.4 is 5.32 Å². The first-order valence-electron chi connectivity index (χ1n) is 7.81. The molecule has 1 amide bonds. The highest BCUT2D eigenvalue weighted by Gasteiger charge is 2.14. The molecule has 24 heavy (non-hydrogen) atoms. The van der Waals surface area contributed by atoms with Crippen molar-refractivity contribution in [3.05, 3.63) is 68.8 Å². The molecular formula is C19H20INO3. The van der Waals surface area contributed by atoms with Crippen molar-refractivity contribution in [1.29, 1.82) is 0 Å². The molecule has 0 saturated heterocycles. The molecule has 0 bridgehead atoms. The molecule has 2 aromatic carbocycles. The first-order chi connectivity index (χ1) is 11.5. The van der Waals surface area contributed by atoms with Crippen LogP contribution >= 0.6 is 22.6 Å². The van der Waals surface area contributed by atoms with Crippen molar-refractivity contribution in [2.45, 2.75) is 26.3 Å². The largest absolute Gasteiger partial charge is 0.452 e. The van der Waals surface area contributed by atoms with Gasteiger partial charge in [-0.15, -0.1) is 0 Å². The van der Waals surface area contributed by atoms with Gasteiger partial charge in [0.2, 0.25) is 0 Å². The first kappa shape index (κ1) is 18.4. The molecule has 0 radical (unpaired) electrons. The monoisotopic (exact) mass is 437 g/mol.